The molecule has 6 nitrogen and oxygen atoms in total. The number of ketones is 1. The number of hydrogen-bond donors (Lipinski definition) is 0. The maximum absolute atomic E-state index is 12.7. The molecule has 0 spiro atoms. The van der Waals surface area contributed by atoms with E-state index in [1.165, 1.54) is 18.1 Å². The van der Waals surface area contributed by atoms with E-state index in [0.29, 0.717) is 19.4 Å². The summed E-state index contributed by atoms with van der Waals surface area (Å²) in [5, 5.41) is 0. The molecule has 2 rings (SSSR count). The molecule has 168 valence electrons. The van der Waals surface area contributed by atoms with Gasteiger partial charge in [-0.15, -0.1) is 0 Å². The Bertz CT molecular complexity index is 708. The molecule has 0 N–H and O–H groups in total. The standard InChI is InChI=1S/C24H37NO5/c1-15-8-7-9-16(2)12-22-20(21(14-25(5)6)24(28)30-22)13-23(29-18(4)27)19(11-10-15)17(3)26/h8,12,19-23H,7,9-11,13-14H2,1-6H3/b15-8+,16-12-/t19-,20+,21-,22+,23+/m1/s1. The van der Waals surface area contributed by atoms with Gasteiger partial charge < -0.3 is 14.4 Å². The van der Waals surface area contributed by atoms with Crippen molar-refractivity contribution in [1.29, 1.82) is 0 Å². The Morgan fingerprint density at radius 3 is 2.47 bits per heavy atom. The average molecular weight is 420 g/mol. The molecule has 0 aromatic carbocycles. The van der Waals surface area contributed by atoms with Crippen molar-refractivity contribution in [3.05, 3.63) is 23.3 Å². The first-order valence-electron chi connectivity index (χ1n) is 10.9. The summed E-state index contributed by atoms with van der Waals surface area (Å²) in [5.74, 6) is -1.45. The van der Waals surface area contributed by atoms with E-state index in [4.69, 9.17) is 9.47 Å². The van der Waals surface area contributed by atoms with Crippen LogP contribution in [0.15, 0.2) is 23.3 Å². The van der Waals surface area contributed by atoms with Gasteiger partial charge in [0.15, 0.2) is 0 Å². The molecule has 2 aliphatic rings. The molecule has 1 aliphatic heterocycles. The fourth-order valence-electron chi connectivity index (χ4n) is 4.59. The number of rotatable bonds is 4. The number of allylic oxidation sites excluding steroid dienone is 3. The lowest BCUT2D eigenvalue weighted by molar-refractivity contribution is -0.152. The minimum atomic E-state index is -0.561. The molecular formula is C24H37NO5. The topological polar surface area (TPSA) is 72.9 Å². The van der Waals surface area contributed by atoms with E-state index >= 15 is 0 Å². The van der Waals surface area contributed by atoms with Gasteiger partial charge in [0, 0.05) is 19.4 Å². The van der Waals surface area contributed by atoms with Crippen molar-refractivity contribution in [2.75, 3.05) is 20.6 Å². The summed E-state index contributed by atoms with van der Waals surface area (Å²) in [5.41, 5.74) is 2.42. The number of fused-ring (bicyclic) bond motifs is 1. The third-order valence-electron chi connectivity index (χ3n) is 6.18. The van der Waals surface area contributed by atoms with Crippen LogP contribution in [0.2, 0.25) is 0 Å². The van der Waals surface area contributed by atoms with E-state index < -0.39 is 12.1 Å². The smallest absolute Gasteiger partial charge is 0.311 e. The zero-order valence-corrected chi connectivity index (χ0v) is 19.3. The van der Waals surface area contributed by atoms with Gasteiger partial charge in [-0.25, -0.2) is 0 Å². The van der Waals surface area contributed by atoms with Crippen molar-refractivity contribution in [3.63, 3.8) is 0 Å². The highest BCUT2D eigenvalue weighted by molar-refractivity contribution is 5.79. The fourth-order valence-corrected chi connectivity index (χ4v) is 4.59. The lowest BCUT2D eigenvalue weighted by Crippen LogP contribution is -2.38. The van der Waals surface area contributed by atoms with Crippen LogP contribution in [0.4, 0.5) is 0 Å². The third-order valence-corrected chi connectivity index (χ3v) is 6.18. The van der Waals surface area contributed by atoms with Crippen molar-refractivity contribution >= 4 is 17.7 Å². The van der Waals surface area contributed by atoms with E-state index in [0.717, 1.165) is 19.3 Å². The van der Waals surface area contributed by atoms with Crippen LogP contribution < -0.4 is 0 Å². The second-order valence-corrected chi connectivity index (χ2v) is 9.18. The molecule has 1 heterocycles. The highest BCUT2D eigenvalue weighted by Crippen LogP contribution is 2.37. The van der Waals surface area contributed by atoms with Gasteiger partial charge >= 0.3 is 11.9 Å². The Hall–Kier alpha value is -1.95. The van der Waals surface area contributed by atoms with Crippen LogP contribution in [0.5, 0.6) is 0 Å². The van der Waals surface area contributed by atoms with Crippen LogP contribution in [0.3, 0.4) is 0 Å². The molecule has 5 atom stereocenters. The maximum atomic E-state index is 12.7. The lowest BCUT2D eigenvalue weighted by atomic mass is 9.79. The summed E-state index contributed by atoms with van der Waals surface area (Å²) in [6.45, 7) is 7.65. The second kappa shape index (κ2) is 10.9. The van der Waals surface area contributed by atoms with Crippen LogP contribution in [0, 0.1) is 17.8 Å². The highest BCUT2D eigenvalue weighted by Gasteiger charge is 2.46. The molecular weight excluding hydrogens is 382 g/mol. The number of carbonyl (C=O) groups excluding carboxylic acids is 3. The maximum Gasteiger partial charge on any atom is 0.311 e. The predicted molar refractivity (Wildman–Crippen MR) is 116 cm³/mol. The van der Waals surface area contributed by atoms with Crippen LogP contribution in [-0.2, 0) is 23.9 Å². The summed E-state index contributed by atoms with van der Waals surface area (Å²) in [6.07, 6.45) is 7.01. The van der Waals surface area contributed by atoms with E-state index in [2.05, 4.69) is 19.9 Å². The van der Waals surface area contributed by atoms with Crippen molar-refractivity contribution in [1.82, 2.24) is 4.90 Å². The van der Waals surface area contributed by atoms with Crippen LogP contribution in [-0.4, -0.2) is 55.5 Å². The second-order valence-electron chi connectivity index (χ2n) is 9.18. The highest BCUT2D eigenvalue weighted by atomic mass is 16.6. The fraction of sp³-hybridized carbons (Fsp3) is 0.708. The van der Waals surface area contributed by atoms with Crippen molar-refractivity contribution in [2.45, 2.75) is 72.0 Å². The summed E-state index contributed by atoms with van der Waals surface area (Å²) in [6, 6.07) is 0. The van der Waals surface area contributed by atoms with E-state index in [1.54, 1.807) is 6.92 Å². The zero-order chi connectivity index (χ0) is 22.4. The zero-order valence-electron chi connectivity index (χ0n) is 19.3. The molecule has 0 amide bonds. The van der Waals surface area contributed by atoms with Gasteiger partial charge in [-0.2, -0.15) is 0 Å². The molecule has 0 aromatic heterocycles. The molecule has 0 bridgehead atoms. The Morgan fingerprint density at radius 2 is 1.87 bits per heavy atom. The van der Waals surface area contributed by atoms with Gasteiger partial charge in [0.25, 0.3) is 0 Å². The van der Waals surface area contributed by atoms with Gasteiger partial charge in [0.05, 0.1) is 11.8 Å². The SMILES string of the molecule is CC(=O)O[C@H]1C[C@@H]2[C@H](/C=C(/C)CC/C=C(\C)CC[C@@H]1C(C)=O)OC(=O)[C@@H]2CN(C)C. The largest absolute Gasteiger partial charge is 0.462 e. The quantitative estimate of drug-likeness (QED) is 0.511. The first-order chi connectivity index (χ1) is 14.1. The number of Topliss-reactive ketones (excluding diaryl/α,β-unsaturated/α-hetero) is 1. The van der Waals surface area contributed by atoms with Crippen LogP contribution in [0.25, 0.3) is 0 Å². The number of nitrogens with zero attached hydrogens (tertiary/aromatic N) is 1. The molecule has 0 unspecified atom stereocenters. The minimum absolute atomic E-state index is 0.0154. The number of hydrogen-bond acceptors (Lipinski definition) is 6. The van der Waals surface area contributed by atoms with E-state index in [9.17, 15) is 14.4 Å². The van der Waals surface area contributed by atoms with Gasteiger partial charge in [-0.1, -0.05) is 17.2 Å². The summed E-state index contributed by atoms with van der Waals surface area (Å²) >= 11 is 0. The van der Waals surface area contributed by atoms with E-state index in [-0.39, 0.29) is 35.6 Å². The Kier molecular flexibility index (Phi) is 8.83. The Labute approximate surface area is 180 Å². The molecule has 0 radical (unpaired) electrons. The number of esters is 2. The van der Waals surface area contributed by atoms with Gasteiger partial charge in [-0.3, -0.25) is 14.4 Å². The molecule has 1 saturated heterocycles. The monoisotopic (exact) mass is 419 g/mol. The molecule has 1 fully saturated rings. The molecule has 30 heavy (non-hydrogen) atoms. The Morgan fingerprint density at radius 1 is 1.17 bits per heavy atom. The average Bonchev–Trinajstić information content (AvgIpc) is 2.88. The van der Waals surface area contributed by atoms with Crippen LogP contribution >= 0.6 is 0 Å². The number of ether oxygens (including phenoxy) is 2. The Balaban J connectivity index is 2.45. The normalized spacial score (nSPS) is 34.2. The first kappa shape index (κ1) is 24.3. The van der Waals surface area contributed by atoms with Crippen molar-refractivity contribution < 1.29 is 23.9 Å². The van der Waals surface area contributed by atoms with Gasteiger partial charge in [0.1, 0.15) is 18.0 Å². The van der Waals surface area contributed by atoms with Gasteiger partial charge in [-0.05, 0) is 73.0 Å². The van der Waals surface area contributed by atoms with Crippen LogP contribution in [0.1, 0.15) is 59.8 Å². The van der Waals surface area contributed by atoms with Crippen molar-refractivity contribution in [3.8, 4) is 0 Å². The molecule has 6 heteroatoms. The first-order valence-corrected chi connectivity index (χ1v) is 10.9. The summed E-state index contributed by atoms with van der Waals surface area (Å²) < 4.78 is 11.5. The molecule has 0 saturated carbocycles. The van der Waals surface area contributed by atoms with Crippen molar-refractivity contribution in [2.24, 2.45) is 17.8 Å². The number of carbonyl (C=O) groups is 3. The summed E-state index contributed by atoms with van der Waals surface area (Å²) in [7, 11) is 3.86. The van der Waals surface area contributed by atoms with Gasteiger partial charge in [0.2, 0.25) is 0 Å². The van der Waals surface area contributed by atoms with E-state index in [1.807, 2.05) is 25.1 Å². The predicted octanol–water partition coefficient (Wildman–Crippen LogP) is 3.70. The third kappa shape index (κ3) is 6.79. The minimum Gasteiger partial charge on any atom is -0.462 e. The lowest BCUT2D eigenvalue weighted by Gasteiger charge is -2.30. The summed E-state index contributed by atoms with van der Waals surface area (Å²) in [4.78, 5) is 39.1. The molecule has 1 aliphatic carbocycles. The molecule has 0 aromatic rings.